The van der Waals surface area contributed by atoms with Crippen LogP contribution in [0, 0.1) is 10.1 Å². The lowest BCUT2D eigenvalue weighted by Gasteiger charge is -2.24. The molecule has 10 nitrogen and oxygen atoms in total. The third-order valence-corrected chi connectivity index (χ3v) is 6.59. The summed E-state index contributed by atoms with van der Waals surface area (Å²) in [6.07, 6.45) is 1.71. The number of hydrogen-bond acceptors (Lipinski definition) is 9. The van der Waals surface area contributed by atoms with Crippen LogP contribution in [0.4, 0.5) is 5.69 Å². The van der Waals surface area contributed by atoms with E-state index in [9.17, 15) is 19.7 Å². The topological polar surface area (TPSA) is 122 Å². The molecule has 2 aliphatic heterocycles. The minimum Gasteiger partial charge on any atom is -0.463 e. The molecule has 2 aliphatic rings. The third kappa shape index (κ3) is 3.99. The molecular formula is C24H19N3O7S. The summed E-state index contributed by atoms with van der Waals surface area (Å²) >= 11 is 1.17. The van der Waals surface area contributed by atoms with Gasteiger partial charge in [0.15, 0.2) is 16.3 Å². The average molecular weight is 493 g/mol. The number of aromatic nitrogens is 1. The van der Waals surface area contributed by atoms with Crippen LogP contribution < -0.4 is 24.4 Å². The molecule has 0 saturated carbocycles. The molecule has 0 aliphatic carbocycles. The Kier molecular flexibility index (Phi) is 5.69. The van der Waals surface area contributed by atoms with Crippen molar-refractivity contribution in [1.82, 2.24) is 4.57 Å². The van der Waals surface area contributed by atoms with Crippen molar-refractivity contribution in [3.8, 4) is 11.5 Å². The van der Waals surface area contributed by atoms with Gasteiger partial charge in [-0.3, -0.25) is 19.5 Å². The maximum absolute atomic E-state index is 13.6. The van der Waals surface area contributed by atoms with Gasteiger partial charge in [-0.25, -0.2) is 9.79 Å². The maximum Gasteiger partial charge on any atom is 0.338 e. The SMILES string of the molecule is CCOC(=O)C1=C(C)N=c2sc(=Cc3ccc4c(c3)OCO4)c(=O)n2[C@H]1c1cccc([N+](=O)[O-])c1. The van der Waals surface area contributed by atoms with Crippen molar-refractivity contribution in [2.45, 2.75) is 19.9 Å². The van der Waals surface area contributed by atoms with E-state index in [2.05, 4.69) is 4.99 Å². The Morgan fingerprint density at radius 1 is 1.29 bits per heavy atom. The summed E-state index contributed by atoms with van der Waals surface area (Å²) in [5, 5.41) is 11.4. The average Bonchev–Trinajstić information content (AvgIpc) is 3.42. The first kappa shape index (κ1) is 22.5. The number of esters is 1. The molecule has 0 spiro atoms. The first-order valence-electron chi connectivity index (χ1n) is 10.7. The van der Waals surface area contributed by atoms with Gasteiger partial charge in [-0.2, -0.15) is 0 Å². The molecule has 178 valence electrons. The van der Waals surface area contributed by atoms with Gasteiger partial charge in [0.25, 0.3) is 11.2 Å². The normalized spacial score (nSPS) is 16.6. The number of fused-ring (bicyclic) bond motifs is 2. The van der Waals surface area contributed by atoms with Crippen LogP contribution in [0.1, 0.15) is 31.0 Å². The molecule has 0 fully saturated rings. The Hall–Kier alpha value is -4.25. The highest BCUT2D eigenvalue weighted by Gasteiger charge is 2.34. The van der Waals surface area contributed by atoms with Crippen LogP contribution in [-0.4, -0.2) is 28.9 Å². The largest absolute Gasteiger partial charge is 0.463 e. The molecule has 0 N–H and O–H groups in total. The molecule has 1 aromatic heterocycles. The standard InChI is InChI=1S/C24H19N3O7S/c1-3-32-23(29)20-13(2)25-24-26(21(20)15-5-4-6-16(11-15)27(30)31)22(28)19(35-24)10-14-7-8-17-18(9-14)34-12-33-17/h4-11,21H,3,12H2,1-2H3/t21-/m0/s1. The van der Waals surface area contributed by atoms with Crippen LogP contribution in [0.25, 0.3) is 6.08 Å². The number of nitro groups is 1. The molecule has 3 heterocycles. The van der Waals surface area contributed by atoms with Crippen molar-refractivity contribution in [2.24, 2.45) is 4.99 Å². The highest BCUT2D eigenvalue weighted by Crippen LogP contribution is 2.33. The van der Waals surface area contributed by atoms with Crippen LogP contribution in [0.3, 0.4) is 0 Å². The Balaban J connectivity index is 1.71. The predicted molar refractivity (Wildman–Crippen MR) is 126 cm³/mol. The summed E-state index contributed by atoms with van der Waals surface area (Å²) in [6.45, 7) is 3.61. The maximum atomic E-state index is 13.6. The lowest BCUT2D eigenvalue weighted by molar-refractivity contribution is -0.384. The summed E-state index contributed by atoms with van der Waals surface area (Å²) in [4.78, 5) is 42.3. The van der Waals surface area contributed by atoms with Crippen LogP contribution >= 0.6 is 11.3 Å². The third-order valence-electron chi connectivity index (χ3n) is 5.61. The van der Waals surface area contributed by atoms with Gasteiger partial charge >= 0.3 is 5.97 Å². The number of carbonyl (C=O) groups excluding carboxylic acids is 1. The van der Waals surface area contributed by atoms with E-state index >= 15 is 0 Å². The van der Waals surface area contributed by atoms with Crippen molar-refractivity contribution in [3.05, 3.63) is 94.7 Å². The number of hydrogen-bond donors (Lipinski definition) is 0. The number of nitrogens with zero attached hydrogens (tertiary/aromatic N) is 3. The summed E-state index contributed by atoms with van der Waals surface area (Å²) in [5.41, 5.74) is 1.16. The van der Waals surface area contributed by atoms with Gasteiger partial charge in [-0.1, -0.05) is 29.5 Å². The van der Waals surface area contributed by atoms with Crippen LogP contribution in [0.15, 0.2) is 63.5 Å². The zero-order valence-electron chi connectivity index (χ0n) is 18.7. The van der Waals surface area contributed by atoms with Crippen molar-refractivity contribution >= 4 is 29.1 Å². The first-order valence-corrected chi connectivity index (χ1v) is 11.5. The van der Waals surface area contributed by atoms with Crippen molar-refractivity contribution in [3.63, 3.8) is 0 Å². The Labute approximate surface area is 202 Å². The quantitative estimate of drug-likeness (QED) is 0.304. The second kappa shape index (κ2) is 8.84. The van der Waals surface area contributed by atoms with E-state index in [1.54, 1.807) is 44.2 Å². The van der Waals surface area contributed by atoms with E-state index in [0.717, 1.165) is 5.56 Å². The monoisotopic (exact) mass is 493 g/mol. The van der Waals surface area contributed by atoms with Crippen molar-refractivity contribution in [1.29, 1.82) is 0 Å². The minimum atomic E-state index is -0.927. The number of carbonyl (C=O) groups is 1. The van der Waals surface area contributed by atoms with E-state index in [1.165, 1.54) is 34.1 Å². The van der Waals surface area contributed by atoms with E-state index < -0.39 is 16.9 Å². The molecule has 2 aromatic carbocycles. The highest BCUT2D eigenvalue weighted by molar-refractivity contribution is 7.07. The van der Waals surface area contributed by atoms with Gasteiger partial charge in [0.2, 0.25) is 6.79 Å². The Bertz CT molecular complexity index is 1590. The minimum absolute atomic E-state index is 0.131. The smallest absolute Gasteiger partial charge is 0.338 e. The number of allylic oxidation sites excluding steroid dienone is 1. The molecule has 0 unspecified atom stereocenters. The second-order valence-electron chi connectivity index (χ2n) is 7.77. The molecule has 0 bridgehead atoms. The van der Waals surface area contributed by atoms with E-state index in [-0.39, 0.29) is 30.2 Å². The number of non-ortho nitro benzene ring substituents is 1. The molecule has 0 radical (unpaired) electrons. The summed E-state index contributed by atoms with van der Waals surface area (Å²) in [5.74, 6) is 0.584. The number of nitro benzene ring substituents is 1. The number of thiazole rings is 1. The summed E-state index contributed by atoms with van der Waals surface area (Å²) in [7, 11) is 0. The molecule has 1 atom stereocenters. The van der Waals surface area contributed by atoms with Gasteiger partial charge < -0.3 is 14.2 Å². The highest BCUT2D eigenvalue weighted by atomic mass is 32.1. The Morgan fingerprint density at radius 3 is 2.86 bits per heavy atom. The van der Waals surface area contributed by atoms with Gasteiger partial charge in [-0.15, -0.1) is 0 Å². The molecule has 3 aromatic rings. The number of ether oxygens (including phenoxy) is 3. The zero-order chi connectivity index (χ0) is 24.7. The van der Waals surface area contributed by atoms with E-state index in [1.807, 2.05) is 0 Å². The molecule has 11 heteroatoms. The van der Waals surface area contributed by atoms with Gasteiger partial charge in [0.1, 0.15) is 0 Å². The van der Waals surface area contributed by atoms with Crippen LogP contribution in [-0.2, 0) is 9.53 Å². The van der Waals surface area contributed by atoms with E-state index in [0.29, 0.717) is 32.1 Å². The molecule has 5 rings (SSSR count). The lowest BCUT2D eigenvalue weighted by Crippen LogP contribution is -2.39. The fourth-order valence-electron chi connectivity index (χ4n) is 4.07. The molecule has 0 saturated heterocycles. The second-order valence-corrected chi connectivity index (χ2v) is 8.78. The first-order chi connectivity index (χ1) is 16.9. The fourth-order valence-corrected chi connectivity index (χ4v) is 5.12. The summed E-state index contributed by atoms with van der Waals surface area (Å²) < 4.78 is 17.8. The fraction of sp³-hybridized carbons (Fsp3) is 0.208. The molecule has 35 heavy (non-hydrogen) atoms. The number of benzene rings is 2. The lowest BCUT2D eigenvalue weighted by atomic mass is 9.95. The van der Waals surface area contributed by atoms with Gasteiger partial charge in [0, 0.05) is 12.1 Å². The van der Waals surface area contributed by atoms with Gasteiger partial charge in [-0.05, 0) is 43.2 Å². The predicted octanol–water partition coefficient (Wildman–Crippen LogP) is 2.44. The van der Waals surface area contributed by atoms with Gasteiger partial charge in [0.05, 0.1) is 33.4 Å². The van der Waals surface area contributed by atoms with E-state index in [4.69, 9.17) is 14.2 Å². The number of rotatable bonds is 5. The molecular weight excluding hydrogens is 474 g/mol. The molecule has 0 amide bonds. The van der Waals surface area contributed by atoms with Crippen LogP contribution in [0.5, 0.6) is 11.5 Å². The van der Waals surface area contributed by atoms with Crippen LogP contribution in [0.2, 0.25) is 0 Å². The Morgan fingerprint density at radius 2 is 2.09 bits per heavy atom. The zero-order valence-corrected chi connectivity index (χ0v) is 19.5. The van der Waals surface area contributed by atoms with Crippen molar-refractivity contribution in [2.75, 3.05) is 13.4 Å². The summed E-state index contributed by atoms with van der Waals surface area (Å²) in [6, 6.07) is 10.3. The van der Waals surface area contributed by atoms with Crippen molar-refractivity contribution < 1.29 is 23.9 Å².